The molecule has 0 saturated carbocycles. The van der Waals surface area contributed by atoms with Crippen LogP contribution in [0.1, 0.15) is 30.1 Å². The van der Waals surface area contributed by atoms with Crippen LogP contribution in [-0.4, -0.2) is 57.3 Å². The normalized spacial score (nSPS) is 15.4. The molecule has 3 aromatic rings. The van der Waals surface area contributed by atoms with Crippen molar-refractivity contribution in [3.05, 3.63) is 60.8 Å². The molecule has 2 aromatic heterocycles. The number of hydrogen-bond donors (Lipinski definition) is 1. The predicted octanol–water partition coefficient (Wildman–Crippen LogP) is 1.90. The van der Waals surface area contributed by atoms with Gasteiger partial charge in [0, 0.05) is 30.8 Å². The Hall–Kier alpha value is -3.44. The number of anilines is 1. The molecule has 0 unspecified atom stereocenters. The molecule has 1 aliphatic rings. The van der Waals surface area contributed by atoms with Gasteiger partial charge in [-0.15, -0.1) is 0 Å². The molecule has 1 aromatic carbocycles. The van der Waals surface area contributed by atoms with Crippen LogP contribution in [0, 0.1) is 5.92 Å². The molecule has 0 radical (unpaired) electrons. The summed E-state index contributed by atoms with van der Waals surface area (Å²) in [6.07, 6.45) is 5.26. The van der Waals surface area contributed by atoms with E-state index < -0.39 is 10.0 Å². The topological polar surface area (TPSA) is 127 Å². The van der Waals surface area contributed by atoms with Gasteiger partial charge in [0.25, 0.3) is 0 Å². The average molecular weight is 455 g/mol. The molecule has 1 saturated heterocycles. The summed E-state index contributed by atoms with van der Waals surface area (Å²) in [4.78, 5) is 32.5. The van der Waals surface area contributed by atoms with Gasteiger partial charge in [0.05, 0.1) is 10.6 Å². The molecule has 1 amide bonds. The average Bonchev–Trinajstić information content (AvgIpc) is 3.34. The number of hydrogen-bond acceptors (Lipinski definition) is 7. The highest BCUT2D eigenvalue weighted by molar-refractivity contribution is 7.89. The number of carbonyl (C=O) groups is 2. The van der Waals surface area contributed by atoms with Crippen molar-refractivity contribution in [1.82, 2.24) is 24.1 Å². The monoisotopic (exact) mass is 454 g/mol. The summed E-state index contributed by atoms with van der Waals surface area (Å²) in [7, 11) is -3.69. The molecule has 32 heavy (non-hydrogen) atoms. The molecule has 166 valence electrons. The summed E-state index contributed by atoms with van der Waals surface area (Å²) < 4.78 is 28.7. The molecule has 0 bridgehead atoms. The van der Waals surface area contributed by atoms with Crippen molar-refractivity contribution in [1.29, 1.82) is 0 Å². The zero-order chi connectivity index (χ0) is 22.7. The molecule has 1 N–H and O–H groups in total. The van der Waals surface area contributed by atoms with Crippen LogP contribution in [0.15, 0.2) is 60.1 Å². The molecule has 4 rings (SSSR count). The van der Waals surface area contributed by atoms with E-state index in [0.717, 1.165) is 0 Å². The first kappa shape index (κ1) is 21.8. The van der Waals surface area contributed by atoms with E-state index in [1.165, 1.54) is 52.8 Å². The number of rotatable bonds is 6. The first-order valence-corrected chi connectivity index (χ1v) is 11.5. The minimum absolute atomic E-state index is 0.124. The number of carbonyl (C=O) groups excluding carboxylic acids is 2. The van der Waals surface area contributed by atoms with Crippen LogP contribution >= 0.6 is 0 Å². The number of nitrogens with zero attached hydrogens (tertiary/aromatic N) is 5. The van der Waals surface area contributed by atoms with E-state index in [4.69, 9.17) is 0 Å². The van der Waals surface area contributed by atoms with Gasteiger partial charge in [-0.1, -0.05) is 12.1 Å². The first-order valence-electron chi connectivity index (χ1n) is 10.1. The summed E-state index contributed by atoms with van der Waals surface area (Å²) >= 11 is 0. The Morgan fingerprint density at radius 1 is 1.09 bits per heavy atom. The predicted molar refractivity (Wildman–Crippen MR) is 116 cm³/mol. The smallest absolute Gasteiger partial charge is 0.243 e. The Balaban J connectivity index is 1.41. The Bertz CT molecular complexity index is 1220. The van der Waals surface area contributed by atoms with Crippen LogP contribution in [0.3, 0.4) is 0 Å². The quantitative estimate of drug-likeness (QED) is 0.564. The first-order chi connectivity index (χ1) is 15.4. The third kappa shape index (κ3) is 4.43. The number of nitrogens with one attached hydrogen (secondary N) is 1. The lowest BCUT2D eigenvalue weighted by Gasteiger charge is -2.30. The standard InChI is InChI=1S/C21H22N6O4S/c1-15(28)16-4-6-18(7-5-16)32(30,31)26-11-8-17(9-12-26)21(29)25-19-3-2-10-23-20(19)27-14-22-13-24-27/h2-7,10,13-14,17H,8-9,11-12H2,1H3,(H,25,29). The Morgan fingerprint density at radius 2 is 1.81 bits per heavy atom. The van der Waals surface area contributed by atoms with E-state index in [9.17, 15) is 18.0 Å². The second-order valence-electron chi connectivity index (χ2n) is 7.46. The Morgan fingerprint density at radius 3 is 2.44 bits per heavy atom. The second-order valence-corrected chi connectivity index (χ2v) is 9.40. The molecular formula is C21H22N6O4S. The highest BCUT2D eigenvalue weighted by atomic mass is 32.2. The van der Waals surface area contributed by atoms with Crippen LogP contribution in [0.4, 0.5) is 5.69 Å². The van der Waals surface area contributed by atoms with E-state index in [1.807, 2.05) is 0 Å². The highest BCUT2D eigenvalue weighted by Gasteiger charge is 2.32. The van der Waals surface area contributed by atoms with Crippen LogP contribution < -0.4 is 5.32 Å². The van der Waals surface area contributed by atoms with E-state index in [-0.39, 0.29) is 35.6 Å². The van der Waals surface area contributed by atoms with Gasteiger partial charge in [0.15, 0.2) is 11.6 Å². The number of Topliss-reactive ketones (excluding diaryl/α,β-unsaturated/α-hetero) is 1. The van der Waals surface area contributed by atoms with Gasteiger partial charge < -0.3 is 5.32 Å². The lowest BCUT2D eigenvalue weighted by molar-refractivity contribution is -0.120. The molecule has 10 nitrogen and oxygen atoms in total. The summed E-state index contributed by atoms with van der Waals surface area (Å²) in [6.45, 7) is 1.90. The minimum Gasteiger partial charge on any atom is -0.323 e. The SMILES string of the molecule is CC(=O)c1ccc(S(=O)(=O)N2CCC(C(=O)Nc3cccnc3-n3cncn3)CC2)cc1. The Labute approximate surface area is 185 Å². The molecule has 0 aliphatic carbocycles. The van der Waals surface area contributed by atoms with Gasteiger partial charge in [0.2, 0.25) is 15.9 Å². The molecule has 0 atom stereocenters. The van der Waals surface area contributed by atoms with Gasteiger partial charge in [-0.2, -0.15) is 9.40 Å². The van der Waals surface area contributed by atoms with Gasteiger partial charge in [-0.25, -0.2) is 23.1 Å². The lowest BCUT2D eigenvalue weighted by Crippen LogP contribution is -2.41. The minimum atomic E-state index is -3.69. The van der Waals surface area contributed by atoms with Gasteiger partial charge >= 0.3 is 0 Å². The fourth-order valence-electron chi connectivity index (χ4n) is 3.60. The maximum absolute atomic E-state index is 12.9. The number of sulfonamides is 1. The van der Waals surface area contributed by atoms with Crippen molar-refractivity contribution in [2.75, 3.05) is 18.4 Å². The Kier molecular flexibility index (Phi) is 6.10. The summed E-state index contributed by atoms with van der Waals surface area (Å²) in [5, 5.41) is 6.93. The molecule has 11 heteroatoms. The number of pyridine rings is 1. The van der Waals surface area contributed by atoms with E-state index >= 15 is 0 Å². The molecular weight excluding hydrogens is 432 g/mol. The lowest BCUT2D eigenvalue weighted by atomic mass is 9.97. The van der Waals surface area contributed by atoms with E-state index in [2.05, 4.69) is 20.4 Å². The van der Waals surface area contributed by atoms with Crippen molar-refractivity contribution in [2.45, 2.75) is 24.7 Å². The van der Waals surface area contributed by atoms with E-state index in [0.29, 0.717) is 29.9 Å². The van der Waals surface area contributed by atoms with Crippen molar-refractivity contribution in [3.8, 4) is 5.82 Å². The highest BCUT2D eigenvalue weighted by Crippen LogP contribution is 2.26. The molecule has 0 spiro atoms. The summed E-state index contributed by atoms with van der Waals surface area (Å²) in [5.74, 6) is -0.193. The maximum atomic E-state index is 12.9. The number of benzene rings is 1. The van der Waals surface area contributed by atoms with Crippen molar-refractivity contribution >= 4 is 27.4 Å². The van der Waals surface area contributed by atoms with Crippen LogP contribution in [0.25, 0.3) is 5.82 Å². The second kappa shape index (κ2) is 8.97. The van der Waals surface area contributed by atoms with Crippen LogP contribution in [-0.2, 0) is 14.8 Å². The van der Waals surface area contributed by atoms with Crippen LogP contribution in [0.2, 0.25) is 0 Å². The third-order valence-electron chi connectivity index (χ3n) is 5.40. The van der Waals surface area contributed by atoms with Crippen molar-refractivity contribution in [2.24, 2.45) is 5.92 Å². The largest absolute Gasteiger partial charge is 0.323 e. The number of piperidine rings is 1. The zero-order valence-electron chi connectivity index (χ0n) is 17.4. The number of amides is 1. The number of aromatic nitrogens is 4. The van der Waals surface area contributed by atoms with Crippen molar-refractivity contribution in [3.63, 3.8) is 0 Å². The summed E-state index contributed by atoms with van der Waals surface area (Å²) in [5.41, 5.74) is 0.962. The van der Waals surface area contributed by atoms with Gasteiger partial charge in [0.1, 0.15) is 12.7 Å². The maximum Gasteiger partial charge on any atom is 0.243 e. The zero-order valence-corrected chi connectivity index (χ0v) is 18.2. The van der Waals surface area contributed by atoms with Crippen LogP contribution in [0.5, 0.6) is 0 Å². The van der Waals surface area contributed by atoms with Gasteiger partial charge in [-0.05, 0) is 44.0 Å². The fraction of sp³-hybridized carbons (Fsp3) is 0.286. The van der Waals surface area contributed by atoms with Crippen molar-refractivity contribution < 1.29 is 18.0 Å². The third-order valence-corrected chi connectivity index (χ3v) is 7.32. The fourth-order valence-corrected chi connectivity index (χ4v) is 5.07. The summed E-state index contributed by atoms with van der Waals surface area (Å²) in [6, 6.07) is 9.35. The molecule has 1 fully saturated rings. The van der Waals surface area contributed by atoms with Gasteiger partial charge in [-0.3, -0.25) is 9.59 Å². The molecule has 1 aliphatic heterocycles. The number of ketones is 1. The van der Waals surface area contributed by atoms with E-state index in [1.54, 1.807) is 18.3 Å². The molecule has 3 heterocycles.